The summed E-state index contributed by atoms with van der Waals surface area (Å²) >= 11 is 0. The van der Waals surface area contributed by atoms with E-state index in [-0.39, 0.29) is 31.8 Å². The Labute approximate surface area is 231 Å². The highest BCUT2D eigenvalue weighted by molar-refractivity contribution is 7.92. The van der Waals surface area contributed by atoms with E-state index in [9.17, 15) is 22.0 Å². The third-order valence-corrected chi connectivity index (χ3v) is 9.74. The van der Waals surface area contributed by atoms with Crippen LogP contribution in [0.2, 0.25) is 0 Å². The number of nitrogens with zero attached hydrogens (tertiary/aromatic N) is 3. The maximum Gasteiger partial charge on any atom is 0.258 e. The monoisotopic (exact) mass is 577 g/mol. The number of amides is 1. The molecule has 2 saturated heterocycles. The first-order valence-corrected chi connectivity index (χ1v) is 15.3. The van der Waals surface area contributed by atoms with Crippen LogP contribution < -0.4 is 24.6 Å². The Morgan fingerprint density at radius 2 is 1.88 bits per heavy atom. The second-order valence-corrected chi connectivity index (χ2v) is 13.1. The average molecular weight is 578 g/mol. The summed E-state index contributed by atoms with van der Waals surface area (Å²) < 4.78 is 60.6. The number of halogens is 2. The number of anilines is 4. The molecule has 13 heteroatoms. The van der Waals surface area contributed by atoms with Crippen LogP contribution in [-0.2, 0) is 10.0 Å². The number of aliphatic hydroxyl groups excluding tert-OH is 1. The molecule has 40 heavy (non-hydrogen) atoms. The lowest BCUT2D eigenvalue weighted by atomic mass is 9.93. The van der Waals surface area contributed by atoms with E-state index in [0.29, 0.717) is 33.9 Å². The molecule has 1 atom stereocenters. The third-order valence-electron chi connectivity index (χ3n) is 8.48. The molecule has 4 heterocycles. The van der Waals surface area contributed by atoms with Gasteiger partial charge in [-0.3, -0.25) is 9.52 Å². The van der Waals surface area contributed by atoms with Crippen LogP contribution in [0.5, 0.6) is 5.75 Å². The maximum absolute atomic E-state index is 14.0. The molecule has 2 aromatic rings. The normalized spacial score (nSPS) is 22.6. The summed E-state index contributed by atoms with van der Waals surface area (Å²) in [6, 6.07) is 7.56. The number of piperidine rings is 2. The number of hydrogen-bond donors (Lipinski definition) is 3. The molecule has 6 rings (SSSR count). The Kier molecular flexibility index (Phi) is 6.76. The van der Waals surface area contributed by atoms with Crippen LogP contribution in [0.15, 0.2) is 30.3 Å². The van der Waals surface area contributed by atoms with E-state index >= 15 is 0 Å². The summed E-state index contributed by atoms with van der Waals surface area (Å²) in [6.45, 7) is 1.30. The summed E-state index contributed by atoms with van der Waals surface area (Å²) in [5.41, 5.74) is 1.69. The number of carbonyl (C=O) groups excluding carboxylic acids is 1. The standard InChI is InChI=1S/C27H33F2N5O5S/c28-27(29)9-12-34-19(16-27)17-39-22-3-4-23(30-24(22)34)31-25(36)20-2-1-18(32-40(37,38)14-13-35)15-21(20)33-10-7-26(5-6-26)8-11-33/h1-4,15,19,32,35H,5-14,16-17H2,(H,30,31,36). The smallest absolute Gasteiger partial charge is 0.258 e. The number of hydrogen-bond acceptors (Lipinski definition) is 8. The highest BCUT2D eigenvalue weighted by atomic mass is 32.2. The van der Waals surface area contributed by atoms with Gasteiger partial charge in [-0.25, -0.2) is 22.2 Å². The molecule has 1 aliphatic carbocycles. The third kappa shape index (κ3) is 5.53. The molecule has 1 unspecified atom stereocenters. The van der Waals surface area contributed by atoms with Gasteiger partial charge in [0.15, 0.2) is 11.6 Å². The van der Waals surface area contributed by atoms with Gasteiger partial charge in [0.05, 0.1) is 35.3 Å². The van der Waals surface area contributed by atoms with Crippen LogP contribution in [0.25, 0.3) is 0 Å². The lowest BCUT2D eigenvalue weighted by Crippen LogP contribution is -2.52. The van der Waals surface area contributed by atoms with Gasteiger partial charge >= 0.3 is 0 Å². The zero-order valence-electron chi connectivity index (χ0n) is 22.0. The van der Waals surface area contributed by atoms with E-state index in [0.717, 1.165) is 25.9 Å². The molecule has 1 saturated carbocycles. The Balaban J connectivity index is 1.25. The van der Waals surface area contributed by atoms with E-state index in [2.05, 4.69) is 19.9 Å². The Morgan fingerprint density at radius 1 is 1.10 bits per heavy atom. The van der Waals surface area contributed by atoms with E-state index in [1.165, 1.54) is 18.9 Å². The molecule has 216 valence electrons. The van der Waals surface area contributed by atoms with Gasteiger partial charge in [-0.1, -0.05) is 0 Å². The maximum atomic E-state index is 14.0. The largest absolute Gasteiger partial charge is 0.488 e. The minimum Gasteiger partial charge on any atom is -0.488 e. The molecule has 0 radical (unpaired) electrons. The molecular weight excluding hydrogens is 544 g/mol. The number of benzene rings is 1. The van der Waals surface area contributed by atoms with Gasteiger partial charge in [-0.05, 0) is 61.4 Å². The molecule has 3 aliphatic heterocycles. The van der Waals surface area contributed by atoms with Crippen molar-refractivity contribution in [3.05, 3.63) is 35.9 Å². The quantitative estimate of drug-likeness (QED) is 0.457. The van der Waals surface area contributed by atoms with Crippen molar-refractivity contribution >= 4 is 38.9 Å². The number of alkyl halides is 2. The molecule has 3 fully saturated rings. The van der Waals surface area contributed by atoms with Gasteiger partial charge in [0.2, 0.25) is 10.0 Å². The fourth-order valence-corrected chi connectivity index (χ4v) is 6.77. The van der Waals surface area contributed by atoms with E-state index in [1.807, 2.05) is 4.90 Å². The van der Waals surface area contributed by atoms with Crippen LogP contribution in [0, 0.1) is 5.41 Å². The van der Waals surface area contributed by atoms with Crippen molar-refractivity contribution in [2.24, 2.45) is 5.41 Å². The van der Waals surface area contributed by atoms with Crippen LogP contribution in [0.3, 0.4) is 0 Å². The molecule has 4 aliphatic rings. The van der Waals surface area contributed by atoms with Gasteiger partial charge in [0.25, 0.3) is 11.8 Å². The number of fused-ring (bicyclic) bond motifs is 3. The number of sulfonamides is 1. The number of aromatic nitrogens is 1. The van der Waals surface area contributed by atoms with Gasteiger partial charge < -0.3 is 25.0 Å². The molecule has 3 N–H and O–H groups in total. The fourth-order valence-electron chi connectivity index (χ4n) is 5.94. The van der Waals surface area contributed by atoms with E-state index < -0.39 is 40.3 Å². The van der Waals surface area contributed by atoms with Gasteiger partial charge in [0, 0.05) is 32.5 Å². The summed E-state index contributed by atoms with van der Waals surface area (Å²) in [5.74, 6) is -2.40. The van der Waals surface area contributed by atoms with Crippen molar-refractivity contribution in [2.45, 2.75) is 50.5 Å². The first-order valence-electron chi connectivity index (χ1n) is 13.7. The van der Waals surface area contributed by atoms with Crippen molar-refractivity contribution in [3.8, 4) is 5.75 Å². The fraction of sp³-hybridized carbons (Fsp3) is 0.556. The van der Waals surface area contributed by atoms with Crippen LogP contribution in [0.4, 0.5) is 31.8 Å². The van der Waals surface area contributed by atoms with Crippen LogP contribution in [0.1, 0.15) is 48.9 Å². The Hall–Kier alpha value is -3.19. The summed E-state index contributed by atoms with van der Waals surface area (Å²) in [4.78, 5) is 22.1. The molecule has 1 aromatic carbocycles. The highest BCUT2D eigenvalue weighted by Gasteiger charge is 2.45. The molecule has 0 bridgehead atoms. The lowest BCUT2D eigenvalue weighted by Gasteiger charge is -2.43. The molecular formula is C27H33F2N5O5S. The minimum atomic E-state index is -3.74. The van der Waals surface area contributed by atoms with Gasteiger partial charge in [0.1, 0.15) is 12.4 Å². The predicted octanol–water partition coefficient (Wildman–Crippen LogP) is 3.44. The second-order valence-electron chi connectivity index (χ2n) is 11.3. The first-order chi connectivity index (χ1) is 19.1. The number of rotatable bonds is 7. The number of aliphatic hydroxyl groups is 1. The van der Waals surface area contributed by atoms with Crippen molar-refractivity contribution in [1.82, 2.24) is 4.98 Å². The predicted molar refractivity (Wildman–Crippen MR) is 147 cm³/mol. The van der Waals surface area contributed by atoms with Gasteiger partial charge in [-0.2, -0.15) is 0 Å². The van der Waals surface area contributed by atoms with Crippen LogP contribution in [-0.4, -0.2) is 75.0 Å². The minimum absolute atomic E-state index is 0.146. The first kappa shape index (κ1) is 27.0. The number of pyridine rings is 1. The van der Waals surface area contributed by atoms with Crippen LogP contribution >= 0.6 is 0 Å². The average Bonchev–Trinajstić information content (AvgIpc) is 3.66. The van der Waals surface area contributed by atoms with E-state index in [1.54, 1.807) is 24.3 Å². The summed E-state index contributed by atoms with van der Waals surface area (Å²) in [5, 5.41) is 11.9. The van der Waals surface area contributed by atoms with Crippen molar-refractivity contribution in [1.29, 1.82) is 0 Å². The molecule has 1 aromatic heterocycles. The number of ether oxygens (including phenoxy) is 1. The Morgan fingerprint density at radius 3 is 2.60 bits per heavy atom. The number of nitrogens with one attached hydrogen (secondary N) is 2. The topological polar surface area (TPSA) is 124 Å². The summed E-state index contributed by atoms with van der Waals surface area (Å²) in [7, 11) is -3.74. The zero-order chi connectivity index (χ0) is 28.1. The molecule has 1 spiro atoms. The van der Waals surface area contributed by atoms with E-state index in [4.69, 9.17) is 9.84 Å². The molecule has 1 amide bonds. The van der Waals surface area contributed by atoms with Crippen molar-refractivity contribution < 1.29 is 31.8 Å². The summed E-state index contributed by atoms with van der Waals surface area (Å²) in [6.07, 6.45) is 3.89. The zero-order valence-corrected chi connectivity index (χ0v) is 22.9. The second kappa shape index (κ2) is 10.0. The SMILES string of the molecule is O=C(Nc1ccc2c(n1)N1CCC(F)(F)CC1CO2)c1ccc(NS(=O)(=O)CCO)cc1N1CCC2(CC1)CC2. The molecule has 10 nitrogen and oxygen atoms in total. The van der Waals surface area contributed by atoms with Gasteiger partial charge in [-0.15, -0.1) is 0 Å². The number of carbonyl (C=O) groups is 1. The Bertz CT molecular complexity index is 1410. The lowest BCUT2D eigenvalue weighted by molar-refractivity contribution is -0.0402. The van der Waals surface area contributed by atoms with Crippen molar-refractivity contribution in [3.63, 3.8) is 0 Å². The highest BCUT2D eigenvalue weighted by Crippen LogP contribution is 2.54. The van der Waals surface area contributed by atoms with Crippen molar-refractivity contribution in [2.75, 3.05) is 58.4 Å².